The SMILES string of the molecule is COc1cccc(CCc2cc(Nc3ccc(Oc4ccnc(C(F)(F)F)c4)cc3)nc(N)n2)c1. The van der Waals surface area contributed by atoms with Gasteiger partial charge in [0.2, 0.25) is 5.95 Å². The van der Waals surface area contributed by atoms with E-state index in [1.807, 2.05) is 30.3 Å². The molecule has 7 nitrogen and oxygen atoms in total. The first-order valence-electron chi connectivity index (χ1n) is 10.6. The lowest BCUT2D eigenvalue weighted by molar-refractivity contribution is -0.141. The molecule has 4 rings (SSSR count). The summed E-state index contributed by atoms with van der Waals surface area (Å²) in [5.41, 5.74) is 7.46. The van der Waals surface area contributed by atoms with Gasteiger partial charge in [-0.1, -0.05) is 12.1 Å². The predicted molar refractivity (Wildman–Crippen MR) is 126 cm³/mol. The van der Waals surface area contributed by atoms with E-state index in [9.17, 15) is 13.2 Å². The maximum Gasteiger partial charge on any atom is 0.433 e. The number of hydrogen-bond donors (Lipinski definition) is 2. The summed E-state index contributed by atoms with van der Waals surface area (Å²) in [5.74, 6) is 1.88. The van der Waals surface area contributed by atoms with E-state index in [4.69, 9.17) is 15.2 Å². The standard InChI is InChI=1S/C25H22F3N5O2/c1-34-20-4-2-3-16(13-20)5-6-18-14-23(33-24(29)32-18)31-17-7-9-19(10-8-17)35-21-11-12-30-22(15-21)25(26,27)28/h2-4,7-15H,5-6H2,1H3,(H3,29,31,32,33). The van der Waals surface area contributed by atoms with E-state index in [0.717, 1.165) is 35.7 Å². The Bertz CT molecular complexity index is 1300. The van der Waals surface area contributed by atoms with Crippen molar-refractivity contribution in [1.82, 2.24) is 15.0 Å². The topological polar surface area (TPSA) is 95.2 Å². The quantitative estimate of drug-likeness (QED) is 0.328. The summed E-state index contributed by atoms with van der Waals surface area (Å²) in [6.07, 6.45) is -2.07. The fourth-order valence-electron chi connectivity index (χ4n) is 3.33. The molecule has 35 heavy (non-hydrogen) atoms. The second-order valence-electron chi connectivity index (χ2n) is 7.58. The van der Waals surface area contributed by atoms with Gasteiger partial charge in [-0.2, -0.15) is 18.2 Å². The lowest BCUT2D eigenvalue weighted by Gasteiger charge is -2.11. The van der Waals surface area contributed by atoms with Crippen LogP contribution in [-0.4, -0.2) is 22.1 Å². The summed E-state index contributed by atoms with van der Waals surface area (Å²) in [4.78, 5) is 11.9. The first-order valence-corrected chi connectivity index (χ1v) is 10.6. The van der Waals surface area contributed by atoms with Crippen molar-refractivity contribution in [2.75, 3.05) is 18.2 Å². The molecule has 0 unspecified atom stereocenters. The molecule has 0 radical (unpaired) electrons. The number of nitrogens with two attached hydrogens (primary N) is 1. The second kappa shape index (κ2) is 10.3. The highest BCUT2D eigenvalue weighted by Gasteiger charge is 2.32. The minimum atomic E-state index is -4.54. The van der Waals surface area contributed by atoms with Crippen LogP contribution in [0.15, 0.2) is 72.9 Å². The highest BCUT2D eigenvalue weighted by molar-refractivity contribution is 5.58. The molecule has 0 aliphatic heterocycles. The Kier molecular flexibility index (Phi) is 7.00. The normalized spacial score (nSPS) is 11.2. The van der Waals surface area contributed by atoms with Crippen molar-refractivity contribution >= 4 is 17.5 Å². The van der Waals surface area contributed by atoms with E-state index in [1.54, 1.807) is 31.4 Å². The van der Waals surface area contributed by atoms with Crippen LogP contribution < -0.4 is 20.5 Å². The number of rotatable bonds is 8. The predicted octanol–water partition coefficient (Wildman–Crippen LogP) is 5.80. The van der Waals surface area contributed by atoms with Gasteiger partial charge in [-0.3, -0.25) is 4.98 Å². The summed E-state index contributed by atoms with van der Waals surface area (Å²) in [6, 6.07) is 18.5. The van der Waals surface area contributed by atoms with Crippen LogP contribution in [-0.2, 0) is 19.0 Å². The average Bonchev–Trinajstić information content (AvgIpc) is 2.83. The van der Waals surface area contributed by atoms with Crippen LogP contribution in [0.3, 0.4) is 0 Å². The smallest absolute Gasteiger partial charge is 0.433 e. The number of hydrogen-bond acceptors (Lipinski definition) is 7. The van der Waals surface area contributed by atoms with E-state index < -0.39 is 11.9 Å². The molecule has 2 heterocycles. The number of benzene rings is 2. The largest absolute Gasteiger partial charge is 0.497 e. The Morgan fingerprint density at radius 1 is 0.886 bits per heavy atom. The lowest BCUT2D eigenvalue weighted by Crippen LogP contribution is -2.07. The molecule has 2 aromatic heterocycles. The van der Waals surface area contributed by atoms with E-state index >= 15 is 0 Å². The third kappa shape index (κ3) is 6.59. The molecule has 0 saturated heterocycles. The number of nitrogens with zero attached hydrogens (tertiary/aromatic N) is 3. The fraction of sp³-hybridized carbons (Fsp3) is 0.160. The molecule has 3 N–H and O–H groups in total. The lowest BCUT2D eigenvalue weighted by atomic mass is 10.1. The number of pyridine rings is 1. The minimum Gasteiger partial charge on any atom is -0.497 e. The molecule has 4 aromatic rings. The van der Waals surface area contributed by atoms with Crippen molar-refractivity contribution in [1.29, 1.82) is 0 Å². The Hall–Kier alpha value is -4.34. The zero-order valence-electron chi connectivity index (χ0n) is 18.7. The van der Waals surface area contributed by atoms with Crippen LogP contribution >= 0.6 is 0 Å². The van der Waals surface area contributed by atoms with Crippen LogP contribution in [0.2, 0.25) is 0 Å². The number of aryl methyl sites for hydroxylation is 2. The molecule has 0 aliphatic rings. The number of nitrogens with one attached hydrogen (secondary N) is 1. The Morgan fingerprint density at radius 3 is 2.43 bits per heavy atom. The minimum absolute atomic E-state index is 0.0392. The molecule has 0 amide bonds. The Labute approximate surface area is 199 Å². The zero-order valence-corrected chi connectivity index (χ0v) is 18.7. The zero-order chi connectivity index (χ0) is 24.8. The van der Waals surface area contributed by atoms with Crippen molar-refractivity contribution in [3.8, 4) is 17.2 Å². The van der Waals surface area contributed by atoms with Gasteiger partial charge in [0.05, 0.1) is 7.11 Å². The molecule has 0 bridgehead atoms. The van der Waals surface area contributed by atoms with Gasteiger partial charge in [-0.05, 0) is 60.9 Å². The highest BCUT2D eigenvalue weighted by atomic mass is 19.4. The van der Waals surface area contributed by atoms with Crippen molar-refractivity contribution in [3.05, 3.63) is 89.9 Å². The third-order valence-electron chi connectivity index (χ3n) is 4.98. The van der Waals surface area contributed by atoms with Gasteiger partial charge >= 0.3 is 6.18 Å². The maximum absolute atomic E-state index is 12.8. The van der Waals surface area contributed by atoms with E-state index in [-0.39, 0.29) is 11.7 Å². The maximum atomic E-state index is 12.8. The van der Waals surface area contributed by atoms with Gasteiger partial charge in [-0.25, -0.2) is 4.98 Å². The van der Waals surface area contributed by atoms with Crippen LogP contribution in [0.4, 0.5) is 30.6 Å². The third-order valence-corrected chi connectivity index (χ3v) is 4.98. The first kappa shape index (κ1) is 23.8. The first-order chi connectivity index (χ1) is 16.8. The number of ether oxygens (including phenoxy) is 2. The molecule has 0 aliphatic carbocycles. The van der Waals surface area contributed by atoms with Gasteiger partial charge in [-0.15, -0.1) is 0 Å². The summed E-state index contributed by atoms with van der Waals surface area (Å²) in [7, 11) is 1.63. The molecule has 180 valence electrons. The van der Waals surface area contributed by atoms with Gasteiger partial charge < -0.3 is 20.5 Å². The molecule has 0 atom stereocenters. The summed E-state index contributed by atoms with van der Waals surface area (Å²) in [5, 5.41) is 3.16. The molecular weight excluding hydrogens is 459 g/mol. The van der Waals surface area contributed by atoms with Crippen molar-refractivity contribution < 1.29 is 22.6 Å². The summed E-state index contributed by atoms with van der Waals surface area (Å²) < 4.78 is 49.3. The van der Waals surface area contributed by atoms with Crippen molar-refractivity contribution in [2.24, 2.45) is 0 Å². The average molecular weight is 481 g/mol. The van der Waals surface area contributed by atoms with E-state index in [0.29, 0.717) is 23.7 Å². The summed E-state index contributed by atoms with van der Waals surface area (Å²) in [6.45, 7) is 0. The molecule has 0 fully saturated rings. The molecular formula is C25H22F3N5O2. The van der Waals surface area contributed by atoms with Gasteiger partial charge in [0, 0.05) is 29.7 Å². The van der Waals surface area contributed by atoms with E-state index in [1.165, 1.54) is 6.07 Å². The van der Waals surface area contributed by atoms with Crippen LogP contribution in [0.5, 0.6) is 17.2 Å². The van der Waals surface area contributed by atoms with Crippen molar-refractivity contribution in [3.63, 3.8) is 0 Å². The number of methoxy groups -OCH3 is 1. The Morgan fingerprint density at radius 2 is 1.69 bits per heavy atom. The molecule has 2 aromatic carbocycles. The van der Waals surface area contributed by atoms with Crippen LogP contribution in [0.1, 0.15) is 17.0 Å². The van der Waals surface area contributed by atoms with Gasteiger partial charge in [0.1, 0.15) is 28.8 Å². The fourth-order valence-corrected chi connectivity index (χ4v) is 3.33. The van der Waals surface area contributed by atoms with Gasteiger partial charge in [0.25, 0.3) is 0 Å². The number of aromatic nitrogens is 3. The highest BCUT2D eigenvalue weighted by Crippen LogP contribution is 2.31. The number of nitrogen functional groups attached to an aromatic ring is 1. The number of halogens is 3. The Balaban J connectivity index is 1.40. The van der Waals surface area contributed by atoms with Crippen LogP contribution in [0.25, 0.3) is 0 Å². The summed E-state index contributed by atoms with van der Waals surface area (Å²) >= 11 is 0. The van der Waals surface area contributed by atoms with Gasteiger partial charge in [0.15, 0.2) is 0 Å². The molecule has 0 saturated carbocycles. The van der Waals surface area contributed by atoms with Crippen LogP contribution in [0, 0.1) is 0 Å². The van der Waals surface area contributed by atoms with Crippen molar-refractivity contribution in [2.45, 2.75) is 19.0 Å². The monoisotopic (exact) mass is 481 g/mol. The molecule has 0 spiro atoms. The number of alkyl halides is 3. The second-order valence-corrected chi connectivity index (χ2v) is 7.58. The number of anilines is 3. The van der Waals surface area contributed by atoms with E-state index in [2.05, 4.69) is 20.3 Å². The molecule has 10 heteroatoms.